The van der Waals surface area contributed by atoms with Crippen LogP contribution in [-0.4, -0.2) is 24.6 Å². The number of aromatic nitrogens is 2. The lowest BCUT2D eigenvalue weighted by Crippen LogP contribution is -2.01. The number of nitrogen functional groups attached to an aromatic ring is 1. The molecule has 1 aromatic heterocycles. The second kappa shape index (κ2) is 5.00. The molecule has 1 heterocycles. The van der Waals surface area contributed by atoms with Gasteiger partial charge in [-0.1, -0.05) is 6.07 Å². The van der Waals surface area contributed by atoms with Gasteiger partial charge in [-0.3, -0.25) is 0 Å². The maximum absolute atomic E-state index is 11.5. The van der Waals surface area contributed by atoms with Crippen LogP contribution in [0.25, 0.3) is 0 Å². The van der Waals surface area contributed by atoms with E-state index in [1.807, 2.05) is 0 Å². The zero-order chi connectivity index (χ0) is 15.0. The molecule has 0 atom stereocenters. The first-order valence-electron chi connectivity index (χ1n) is 6.54. The summed E-state index contributed by atoms with van der Waals surface area (Å²) >= 11 is 0. The summed E-state index contributed by atoms with van der Waals surface area (Å²) in [5.41, 5.74) is 5.75. The highest BCUT2D eigenvalue weighted by molar-refractivity contribution is 7.90. The Morgan fingerprint density at radius 2 is 2.00 bits per heavy atom. The first-order valence-corrected chi connectivity index (χ1v) is 8.43. The second-order valence-corrected chi connectivity index (χ2v) is 7.13. The van der Waals surface area contributed by atoms with Gasteiger partial charge in [0.2, 0.25) is 5.88 Å². The molecular formula is C14H15N3O3S. The maximum Gasteiger partial charge on any atom is 0.224 e. The summed E-state index contributed by atoms with van der Waals surface area (Å²) in [7, 11) is -3.27. The molecule has 0 saturated heterocycles. The van der Waals surface area contributed by atoms with Gasteiger partial charge >= 0.3 is 0 Å². The highest BCUT2D eigenvalue weighted by Crippen LogP contribution is 2.39. The van der Waals surface area contributed by atoms with Gasteiger partial charge in [-0.05, 0) is 31.0 Å². The van der Waals surface area contributed by atoms with Gasteiger partial charge in [0.25, 0.3) is 0 Å². The van der Waals surface area contributed by atoms with E-state index >= 15 is 0 Å². The molecule has 21 heavy (non-hydrogen) atoms. The van der Waals surface area contributed by atoms with E-state index in [4.69, 9.17) is 10.5 Å². The number of hydrogen-bond donors (Lipinski definition) is 1. The van der Waals surface area contributed by atoms with Crippen molar-refractivity contribution in [1.82, 2.24) is 9.97 Å². The smallest absolute Gasteiger partial charge is 0.224 e. The van der Waals surface area contributed by atoms with Crippen LogP contribution >= 0.6 is 0 Å². The van der Waals surface area contributed by atoms with Crippen molar-refractivity contribution in [3.63, 3.8) is 0 Å². The molecule has 1 fully saturated rings. The van der Waals surface area contributed by atoms with Crippen LogP contribution in [0, 0.1) is 0 Å². The van der Waals surface area contributed by atoms with E-state index in [9.17, 15) is 8.42 Å². The molecule has 0 spiro atoms. The average Bonchev–Trinajstić information content (AvgIpc) is 3.21. The van der Waals surface area contributed by atoms with Crippen LogP contribution in [0.5, 0.6) is 11.6 Å². The summed E-state index contributed by atoms with van der Waals surface area (Å²) in [6.45, 7) is 0. The van der Waals surface area contributed by atoms with Crippen molar-refractivity contribution in [3.8, 4) is 11.6 Å². The number of ether oxygens (including phenoxy) is 1. The molecule has 0 radical (unpaired) electrons. The second-order valence-electron chi connectivity index (χ2n) is 5.11. The van der Waals surface area contributed by atoms with Crippen LogP contribution < -0.4 is 10.5 Å². The minimum absolute atomic E-state index is 0.199. The van der Waals surface area contributed by atoms with Crippen molar-refractivity contribution in [2.45, 2.75) is 23.7 Å². The van der Waals surface area contributed by atoms with Gasteiger partial charge in [0.15, 0.2) is 9.84 Å². The molecule has 0 amide bonds. The summed E-state index contributed by atoms with van der Waals surface area (Å²) < 4.78 is 28.7. The monoisotopic (exact) mass is 305 g/mol. The fourth-order valence-corrected chi connectivity index (χ4v) is 2.58. The third-order valence-corrected chi connectivity index (χ3v) is 4.25. The summed E-state index contributed by atoms with van der Waals surface area (Å²) in [4.78, 5) is 8.70. The quantitative estimate of drug-likeness (QED) is 0.929. The Morgan fingerprint density at radius 3 is 2.67 bits per heavy atom. The number of nitrogens with two attached hydrogens (primary N) is 1. The lowest BCUT2D eigenvalue weighted by atomic mass is 10.3. The van der Waals surface area contributed by atoms with Crippen molar-refractivity contribution in [1.29, 1.82) is 0 Å². The molecule has 110 valence electrons. The fraction of sp³-hybridized carbons (Fsp3) is 0.286. The maximum atomic E-state index is 11.5. The van der Waals surface area contributed by atoms with Gasteiger partial charge in [0, 0.05) is 18.2 Å². The average molecular weight is 305 g/mol. The number of sulfone groups is 1. The van der Waals surface area contributed by atoms with Gasteiger partial charge in [-0.2, -0.15) is 4.98 Å². The SMILES string of the molecule is CS(=O)(=O)c1cccc(Oc2cc(N)nc(C3CC3)n2)c1. The van der Waals surface area contributed by atoms with Gasteiger partial charge in [0.05, 0.1) is 4.90 Å². The lowest BCUT2D eigenvalue weighted by molar-refractivity contribution is 0.457. The Kier molecular flexibility index (Phi) is 3.29. The number of nitrogens with zero attached hydrogens (tertiary/aromatic N) is 2. The van der Waals surface area contributed by atoms with Gasteiger partial charge in [0.1, 0.15) is 17.4 Å². The minimum atomic E-state index is -3.27. The van der Waals surface area contributed by atoms with E-state index in [1.54, 1.807) is 12.1 Å². The molecular weight excluding hydrogens is 290 g/mol. The Balaban J connectivity index is 1.90. The molecule has 1 aromatic carbocycles. The Bertz CT molecular complexity index is 786. The summed E-state index contributed by atoms with van der Waals surface area (Å²) in [5.74, 6) is 2.12. The van der Waals surface area contributed by atoms with Crippen LogP contribution in [0.2, 0.25) is 0 Å². The minimum Gasteiger partial charge on any atom is -0.439 e. The molecule has 2 N–H and O–H groups in total. The lowest BCUT2D eigenvalue weighted by Gasteiger charge is -2.08. The van der Waals surface area contributed by atoms with Crippen molar-refractivity contribution >= 4 is 15.7 Å². The highest BCUT2D eigenvalue weighted by atomic mass is 32.2. The summed E-state index contributed by atoms with van der Waals surface area (Å²) in [6.07, 6.45) is 3.28. The molecule has 2 aromatic rings. The fourth-order valence-electron chi connectivity index (χ4n) is 1.93. The Morgan fingerprint density at radius 1 is 1.24 bits per heavy atom. The van der Waals surface area contributed by atoms with E-state index in [0.29, 0.717) is 29.2 Å². The zero-order valence-corrected chi connectivity index (χ0v) is 12.3. The van der Waals surface area contributed by atoms with E-state index in [2.05, 4.69) is 9.97 Å². The molecule has 1 aliphatic rings. The van der Waals surface area contributed by atoms with Crippen molar-refractivity contribution < 1.29 is 13.2 Å². The summed E-state index contributed by atoms with van der Waals surface area (Å²) in [6, 6.07) is 7.80. The van der Waals surface area contributed by atoms with Gasteiger partial charge in [-0.15, -0.1) is 0 Å². The van der Waals surface area contributed by atoms with Crippen molar-refractivity contribution in [2.75, 3.05) is 12.0 Å². The molecule has 1 aliphatic carbocycles. The first-order chi connectivity index (χ1) is 9.91. The van der Waals surface area contributed by atoms with Crippen molar-refractivity contribution in [2.24, 2.45) is 0 Å². The van der Waals surface area contributed by atoms with Gasteiger partial charge in [-0.25, -0.2) is 13.4 Å². The first kappa shape index (κ1) is 13.8. The van der Waals surface area contributed by atoms with E-state index < -0.39 is 9.84 Å². The third-order valence-electron chi connectivity index (χ3n) is 3.14. The van der Waals surface area contributed by atoms with Crippen LogP contribution in [-0.2, 0) is 9.84 Å². The van der Waals surface area contributed by atoms with Gasteiger partial charge < -0.3 is 10.5 Å². The van der Waals surface area contributed by atoms with E-state index in [1.165, 1.54) is 18.2 Å². The number of benzene rings is 1. The number of hydrogen-bond acceptors (Lipinski definition) is 6. The number of rotatable bonds is 4. The van der Waals surface area contributed by atoms with Crippen molar-refractivity contribution in [3.05, 3.63) is 36.2 Å². The largest absolute Gasteiger partial charge is 0.439 e. The van der Waals surface area contributed by atoms with Crippen LogP contribution in [0.1, 0.15) is 24.6 Å². The molecule has 0 unspecified atom stereocenters. The van der Waals surface area contributed by atoms with E-state index in [0.717, 1.165) is 19.1 Å². The Labute approximate surface area is 122 Å². The topological polar surface area (TPSA) is 95.2 Å². The summed E-state index contributed by atoms with van der Waals surface area (Å²) in [5, 5.41) is 0. The Hall–Kier alpha value is -2.15. The van der Waals surface area contributed by atoms with Crippen LogP contribution in [0.15, 0.2) is 35.2 Å². The molecule has 7 heteroatoms. The van der Waals surface area contributed by atoms with E-state index in [-0.39, 0.29) is 4.90 Å². The molecule has 0 bridgehead atoms. The molecule has 3 rings (SSSR count). The predicted octanol–water partition coefficient (Wildman–Crippen LogP) is 2.13. The van der Waals surface area contributed by atoms with Crippen LogP contribution in [0.3, 0.4) is 0 Å². The normalized spacial score (nSPS) is 14.9. The molecule has 0 aliphatic heterocycles. The molecule has 6 nitrogen and oxygen atoms in total. The molecule has 1 saturated carbocycles. The highest BCUT2D eigenvalue weighted by Gasteiger charge is 2.27. The predicted molar refractivity (Wildman–Crippen MR) is 78.0 cm³/mol. The van der Waals surface area contributed by atoms with Crippen LogP contribution in [0.4, 0.5) is 5.82 Å². The zero-order valence-electron chi connectivity index (χ0n) is 11.5. The third kappa shape index (κ3) is 3.30. The number of anilines is 1. The standard InChI is InChI=1S/C14H15N3O3S/c1-21(18,19)11-4-2-3-10(7-11)20-13-8-12(15)16-14(17-13)9-5-6-9/h2-4,7-9H,5-6H2,1H3,(H2,15,16,17).